The topological polar surface area (TPSA) is 65.2 Å². The van der Waals surface area contributed by atoms with Gasteiger partial charge in [-0.15, -0.1) is 0 Å². The Labute approximate surface area is 82.1 Å². The van der Waals surface area contributed by atoms with E-state index in [0.29, 0.717) is 6.10 Å². The smallest absolute Gasteiger partial charge is 0.267 e. The molecular weight excluding hydrogens is 180 g/mol. The zero-order chi connectivity index (χ0) is 10.1. The molecule has 1 aromatic heterocycles. The number of pyridine rings is 1. The fraction of sp³-hybridized carbons (Fsp3) is 0.400. The molecule has 0 aliphatic heterocycles. The Kier molecular flexibility index (Phi) is 2.11. The maximum atomic E-state index is 10.8. The predicted molar refractivity (Wildman–Crippen MR) is 51.1 cm³/mol. The minimum Gasteiger partial charge on any atom is -0.489 e. The van der Waals surface area contributed by atoms with Gasteiger partial charge in [-0.2, -0.15) is 0 Å². The average Bonchev–Trinajstić information content (AvgIpc) is 2.92. The summed E-state index contributed by atoms with van der Waals surface area (Å²) in [4.78, 5) is 14.7. The van der Waals surface area contributed by atoms with Gasteiger partial charge in [-0.1, -0.05) is 0 Å². The van der Waals surface area contributed by atoms with E-state index in [-0.39, 0.29) is 5.69 Å². The standard InChI is InChI=1S/C10H12N2O2/c1-6-4-8(10(11)13)12-5-9(6)14-7-2-3-7/h4-5,7H,2-3H2,1H3,(H2,11,13). The number of carbonyl (C=O) groups excluding carboxylic acids is 1. The molecule has 14 heavy (non-hydrogen) atoms. The van der Waals surface area contributed by atoms with E-state index < -0.39 is 5.91 Å². The Hall–Kier alpha value is -1.58. The first-order chi connectivity index (χ1) is 6.66. The lowest BCUT2D eigenvalue weighted by Gasteiger charge is -2.07. The summed E-state index contributed by atoms with van der Waals surface area (Å²) >= 11 is 0. The monoisotopic (exact) mass is 192 g/mol. The van der Waals surface area contributed by atoms with Gasteiger partial charge in [-0.05, 0) is 31.4 Å². The first-order valence-corrected chi connectivity index (χ1v) is 4.60. The van der Waals surface area contributed by atoms with Crippen LogP contribution in [0, 0.1) is 6.92 Å². The molecule has 4 heteroatoms. The molecule has 0 aromatic carbocycles. The summed E-state index contributed by atoms with van der Waals surface area (Å²) in [5, 5.41) is 0. The third kappa shape index (κ3) is 1.84. The Morgan fingerprint density at radius 2 is 2.36 bits per heavy atom. The van der Waals surface area contributed by atoms with E-state index in [0.717, 1.165) is 24.2 Å². The summed E-state index contributed by atoms with van der Waals surface area (Å²) in [5.41, 5.74) is 6.29. The van der Waals surface area contributed by atoms with Crippen molar-refractivity contribution in [3.63, 3.8) is 0 Å². The number of ether oxygens (including phenoxy) is 1. The van der Waals surface area contributed by atoms with Gasteiger partial charge in [0.1, 0.15) is 11.4 Å². The molecule has 0 radical (unpaired) electrons. The van der Waals surface area contributed by atoms with E-state index in [1.54, 1.807) is 12.3 Å². The molecule has 1 saturated carbocycles. The summed E-state index contributed by atoms with van der Waals surface area (Å²) in [6.07, 6.45) is 4.12. The minimum atomic E-state index is -0.508. The highest BCUT2D eigenvalue weighted by molar-refractivity contribution is 5.91. The van der Waals surface area contributed by atoms with Crippen LogP contribution < -0.4 is 10.5 Å². The molecule has 1 aromatic rings. The second kappa shape index (κ2) is 3.29. The van der Waals surface area contributed by atoms with Crippen LogP contribution in [0.2, 0.25) is 0 Å². The third-order valence-electron chi connectivity index (χ3n) is 2.13. The highest BCUT2D eigenvalue weighted by Crippen LogP contribution is 2.28. The van der Waals surface area contributed by atoms with Gasteiger partial charge in [0, 0.05) is 0 Å². The lowest BCUT2D eigenvalue weighted by molar-refractivity contribution is 0.0995. The number of nitrogens with zero attached hydrogens (tertiary/aromatic N) is 1. The van der Waals surface area contributed by atoms with Crippen LogP contribution in [0.3, 0.4) is 0 Å². The van der Waals surface area contributed by atoms with Gasteiger partial charge in [-0.25, -0.2) is 4.98 Å². The summed E-state index contributed by atoms with van der Waals surface area (Å²) < 4.78 is 5.58. The molecule has 1 aliphatic carbocycles. The molecule has 0 saturated heterocycles. The van der Waals surface area contributed by atoms with Crippen LogP contribution in [0.5, 0.6) is 5.75 Å². The molecule has 0 bridgehead atoms. The maximum Gasteiger partial charge on any atom is 0.267 e. The van der Waals surface area contributed by atoms with Crippen molar-refractivity contribution < 1.29 is 9.53 Å². The fourth-order valence-corrected chi connectivity index (χ4v) is 1.17. The molecule has 0 atom stereocenters. The summed E-state index contributed by atoms with van der Waals surface area (Å²) in [6.45, 7) is 1.88. The van der Waals surface area contributed by atoms with Gasteiger partial charge in [0.2, 0.25) is 0 Å². The Morgan fingerprint density at radius 1 is 1.64 bits per heavy atom. The third-order valence-corrected chi connectivity index (χ3v) is 2.13. The number of amides is 1. The number of aromatic nitrogens is 1. The van der Waals surface area contributed by atoms with Crippen LogP contribution in [-0.2, 0) is 0 Å². The molecule has 74 valence electrons. The predicted octanol–water partition coefficient (Wildman–Crippen LogP) is 1.03. The number of hydrogen-bond acceptors (Lipinski definition) is 3. The van der Waals surface area contributed by atoms with Crippen molar-refractivity contribution in [3.8, 4) is 5.75 Å². The van der Waals surface area contributed by atoms with Crippen molar-refractivity contribution in [2.45, 2.75) is 25.9 Å². The van der Waals surface area contributed by atoms with Crippen LogP contribution in [-0.4, -0.2) is 17.0 Å². The first kappa shape index (κ1) is 8.99. The van der Waals surface area contributed by atoms with E-state index >= 15 is 0 Å². The Bertz CT molecular complexity index is 372. The normalized spacial score (nSPS) is 15.2. The number of rotatable bonds is 3. The molecule has 1 amide bonds. The maximum absolute atomic E-state index is 10.8. The fourth-order valence-electron chi connectivity index (χ4n) is 1.17. The molecule has 1 fully saturated rings. The average molecular weight is 192 g/mol. The second-order valence-corrected chi connectivity index (χ2v) is 3.52. The highest BCUT2D eigenvalue weighted by atomic mass is 16.5. The van der Waals surface area contributed by atoms with Crippen molar-refractivity contribution in [2.75, 3.05) is 0 Å². The van der Waals surface area contributed by atoms with Crippen LogP contribution in [0.4, 0.5) is 0 Å². The lowest BCUT2D eigenvalue weighted by atomic mass is 10.2. The van der Waals surface area contributed by atoms with Gasteiger partial charge in [0.25, 0.3) is 5.91 Å². The zero-order valence-electron chi connectivity index (χ0n) is 7.99. The number of nitrogens with two attached hydrogens (primary N) is 1. The van der Waals surface area contributed by atoms with E-state index in [2.05, 4.69) is 4.98 Å². The second-order valence-electron chi connectivity index (χ2n) is 3.52. The quantitative estimate of drug-likeness (QED) is 0.777. The van der Waals surface area contributed by atoms with Crippen molar-refractivity contribution in [2.24, 2.45) is 5.73 Å². The molecule has 1 heterocycles. The Morgan fingerprint density at radius 3 is 2.86 bits per heavy atom. The van der Waals surface area contributed by atoms with Gasteiger partial charge in [0.15, 0.2) is 0 Å². The highest BCUT2D eigenvalue weighted by Gasteiger charge is 2.24. The molecule has 0 spiro atoms. The molecule has 2 rings (SSSR count). The van der Waals surface area contributed by atoms with E-state index in [1.807, 2.05) is 6.92 Å². The van der Waals surface area contributed by atoms with Gasteiger partial charge in [0.05, 0.1) is 12.3 Å². The van der Waals surface area contributed by atoms with Crippen molar-refractivity contribution >= 4 is 5.91 Å². The molecule has 4 nitrogen and oxygen atoms in total. The molecular formula is C10H12N2O2. The zero-order valence-corrected chi connectivity index (χ0v) is 7.99. The minimum absolute atomic E-state index is 0.283. The lowest BCUT2D eigenvalue weighted by Crippen LogP contribution is -2.13. The van der Waals surface area contributed by atoms with Crippen molar-refractivity contribution in [1.29, 1.82) is 0 Å². The largest absolute Gasteiger partial charge is 0.489 e. The van der Waals surface area contributed by atoms with Crippen LogP contribution in [0.15, 0.2) is 12.3 Å². The van der Waals surface area contributed by atoms with Crippen LogP contribution in [0.25, 0.3) is 0 Å². The van der Waals surface area contributed by atoms with Crippen molar-refractivity contribution in [3.05, 3.63) is 23.5 Å². The number of aryl methyl sites for hydroxylation is 1. The van der Waals surface area contributed by atoms with E-state index in [1.165, 1.54) is 0 Å². The van der Waals surface area contributed by atoms with Gasteiger partial charge >= 0.3 is 0 Å². The van der Waals surface area contributed by atoms with Crippen molar-refractivity contribution in [1.82, 2.24) is 4.98 Å². The molecule has 2 N–H and O–H groups in total. The SMILES string of the molecule is Cc1cc(C(N)=O)ncc1OC1CC1. The van der Waals surface area contributed by atoms with Crippen LogP contribution in [0.1, 0.15) is 28.9 Å². The van der Waals surface area contributed by atoms with Gasteiger partial charge in [-0.3, -0.25) is 4.79 Å². The van der Waals surface area contributed by atoms with Gasteiger partial charge < -0.3 is 10.5 Å². The molecule has 0 unspecified atom stereocenters. The molecule has 1 aliphatic rings. The Balaban J connectivity index is 2.21. The number of carbonyl (C=O) groups is 1. The van der Waals surface area contributed by atoms with E-state index in [9.17, 15) is 4.79 Å². The van der Waals surface area contributed by atoms with Crippen LogP contribution >= 0.6 is 0 Å². The summed E-state index contributed by atoms with van der Waals surface area (Å²) in [7, 11) is 0. The summed E-state index contributed by atoms with van der Waals surface area (Å²) in [5.74, 6) is 0.239. The van der Waals surface area contributed by atoms with E-state index in [4.69, 9.17) is 10.5 Å². The number of primary amides is 1. The number of hydrogen-bond donors (Lipinski definition) is 1. The first-order valence-electron chi connectivity index (χ1n) is 4.60. The summed E-state index contributed by atoms with van der Waals surface area (Å²) in [6, 6.07) is 1.65.